The van der Waals surface area contributed by atoms with E-state index < -0.39 is 31.8 Å². The van der Waals surface area contributed by atoms with Crippen LogP contribution in [0, 0.1) is 5.41 Å². The standard InChI is InChI=1S/C8H18O6S2/c1-7(14-16(5,11)12)8(2,3)6-13-15(4,9)10/h7H,6H2,1-5H3/t7-/m1/s1. The van der Waals surface area contributed by atoms with Crippen LogP contribution in [0.3, 0.4) is 0 Å². The first-order valence-electron chi connectivity index (χ1n) is 4.56. The van der Waals surface area contributed by atoms with E-state index in [1.165, 1.54) is 0 Å². The lowest BCUT2D eigenvalue weighted by atomic mass is 9.89. The zero-order valence-electron chi connectivity index (χ0n) is 10.1. The van der Waals surface area contributed by atoms with Crippen molar-refractivity contribution in [1.82, 2.24) is 0 Å². The molecule has 0 unspecified atom stereocenters. The molecule has 1 atom stereocenters. The van der Waals surface area contributed by atoms with Crippen LogP contribution in [-0.4, -0.2) is 42.1 Å². The third-order valence-electron chi connectivity index (χ3n) is 2.06. The van der Waals surface area contributed by atoms with Gasteiger partial charge in [0, 0.05) is 5.41 Å². The van der Waals surface area contributed by atoms with E-state index in [9.17, 15) is 16.8 Å². The molecule has 6 nitrogen and oxygen atoms in total. The van der Waals surface area contributed by atoms with Crippen LogP contribution in [0.4, 0.5) is 0 Å². The van der Waals surface area contributed by atoms with Crippen molar-refractivity contribution in [1.29, 1.82) is 0 Å². The van der Waals surface area contributed by atoms with Gasteiger partial charge in [0.1, 0.15) is 0 Å². The summed E-state index contributed by atoms with van der Waals surface area (Å²) in [7, 11) is -7.10. The molecular weight excluding hydrogens is 256 g/mol. The Morgan fingerprint density at radius 3 is 1.81 bits per heavy atom. The third kappa shape index (κ3) is 7.15. The summed E-state index contributed by atoms with van der Waals surface area (Å²) in [4.78, 5) is 0. The predicted octanol–water partition coefficient (Wildman–Crippen LogP) is 0.354. The maximum Gasteiger partial charge on any atom is 0.264 e. The van der Waals surface area contributed by atoms with E-state index in [0.717, 1.165) is 12.5 Å². The Kier molecular flexibility index (Phi) is 4.93. The highest BCUT2D eigenvalue weighted by Crippen LogP contribution is 2.25. The summed E-state index contributed by atoms with van der Waals surface area (Å²) >= 11 is 0. The summed E-state index contributed by atoms with van der Waals surface area (Å²) in [5, 5.41) is 0. The normalized spacial score (nSPS) is 16.1. The first-order chi connectivity index (χ1) is 6.83. The first kappa shape index (κ1) is 15.8. The maximum atomic E-state index is 10.9. The van der Waals surface area contributed by atoms with Crippen molar-refractivity contribution in [3.8, 4) is 0 Å². The first-order valence-corrected chi connectivity index (χ1v) is 8.19. The number of rotatable bonds is 6. The molecule has 0 aromatic rings. The van der Waals surface area contributed by atoms with Gasteiger partial charge in [-0.3, -0.25) is 8.37 Å². The van der Waals surface area contributed by atoms with Gasteiger partial charge in [0.15, 0.2) is 0 Å². The average molecular weight is 274 g/mol. The number of hydrogen-bond acceptors (Lipinski definition) is 6. The lowest BCUT2D eigenvalue weighted by Crippen LogP contribution is -2.36. The molecule has 0 bridgehead atoms. The van der Waals surface area contributed by atoms with E-state index in [1.54, 1.807) is 20.8 Å². The zero-order chi connectivity index (χ0) is 13.2. The van der Waals surface area contributed by atoms with Gasteiger partial charge in [0.2, 0.25) is 0 Å². The summed E-state index contributed by atoms with van der Waals surface area (Å²) < 4.78 is 52.8. The van der Waals surface area contributed by atoms with Crippen LogP contribution in [0.2, 0.25) is 0 Å². The molecule has 0 heterocycles. The van der Waals surface area contributed by atoms with Crippen molar-refractivity contribution in [3.05, 3.63) is 0 Å². The van der Waals surface area contributed by atoms with Crippen molar-refractivity contribution in [2.45, 2.75) is 26.9 Å². The predicted molar refractivity (Wildman–Crippen MR) is 60.0 cm³/mol. The summed E-state index contributed by atoms with van der Waals surface area (Å²) in [5.74, 6) is 0. The van der Waals surface area contributed by atoms with Gasteiger partial charge in [0.05, 0.1) is 25.2 Å². The molecule has 0 saturated heterocycles. The Morgan fingerprint density at radius 2 is 1.50 bits per heavy atom. The third-order valence-corrected chi connectivity index (χ3v) is 3.25. The average Bonchev–Trinajstić information content (AvgIpc) is 1.96. The molecule has 0 aliphatic rings. The van der Waals surface area contributed by atoms with Gasteiger partial charge in [-0.05, 0) is 6.92 Å². The molecule has 0 fully saturated rings. The van der Waals surface area contributed by atoms with Gasteiger partial charge in [0.25, 0.3) is 20.2 Å². The highest BCUT2D eigenvalue weighted by molar-refractivity contribution is 7.86. The molecule has 0 aliphatic heterocycles. The minimum Gasteiger partial charge on any atom is -0.270 e. The molecule has 0 aromatic carbocycles. The number of hydrogen-bond donors (Lipinski definition) is 0. The quantitative estimate of drug-likeness (QED) is 0.650. The summed E-state index contributed by atoms with van der Waals surface area (Å²) in [6, 6.07) is 0. The second-order valence-corrected chi connectivity index (χ2v) is 7.64. The van der Waals surface area contributed by atoms with Crippen LogP contribution in [0.1, 0.15) is 20.8 Å². The molecule has 0 aromatic heterocycles. The van der Waals surface area contributed by atoms with Crippen molar-refractivity contribution in [2.24, 2.45) is 5.41 Å². The molecule has 0 rings (SSSR count). The Hall–Kier alpha value is -0.180. The molecule has 0 spiro atoms. The summed E-state index contributed by atoms with van der Waals surface area (Å²) in [5.41, 5.74) is -0.730. The second kappa shape index (κ2) is 4.99. The van der Waals surface area contributed by atoms with Crippen LogP contribution < -0.4 is 0 Å². The van der Waals surface area contributed by atoms with Gasteiger partial charge in [-0.2, -0.15) is 16.8 Å². The monoisotopic (exact) mass is 274 g/mol. The Morgan fingerprint density at radius 1 is 1.06 bits per heavy atom. The summed E-state index contributed by atoms with van der Waals surface area (Å²) in [6.45, 7) is 4.73. The van der Waals surface area contributed by atoms with Crippen LogP contribution in [0.25, 0.3) is 0 Å². The Balaban J connectivity index is 4.55. The highest BCUT2D eigenvalue weighted by atomic mass is 32.2. The summed E-state index contributed by atoms with van der Waals surface area (Å²) in [6.07, 6.45) is 1.20. The van der Waals surface area contributed by atoms with Crippen molar-refractivity contribution < 1.29 is 25.2 Å². The van der Waals surface area contributed by atoms with E-state index in [1.807, 2.05) is 0 Å². The largest absolute Gasteiger partial charge is 0.270 e. The van der Waals surface area contributed by atoms with E-state index in [2.05, 4.69) is 4.18 Å². The van der Waals surface area contributed by atoms with Gasteiger partial charge in [-0.1, -0.05) is 13.8 Å². The molecule has 98 valence electrons. The van der Waals surface area contributed by atoms with Crippen LogP contribution in [-0.2, 0) is 28.6 Å². The highest BCUT2D eigenvalue weighted by Gasteiger charge is 2.31. The van der Waals surface area contributed by atoms with Gasteiger partial charge < -0.3 is 0 Å². The van der Waals surface area contributed by atoms with E-state index >= 15 is 0 Å². The van der Waals surface area contributed by atoms with Crippen molar-refractivity contribution in [2.75, 3.05) is 19.1 Å². The van der Waals surface area contributed by atoms with Gasteiger partial charge in [-0.25, -0.2) is 0 Å². The van der Waals surface area contributed by atoms with Crippen LogP contribution in [0.5, 0.6) is 0 Å². The molecule has 0 saturated carbocycles. The Labute approximate surface area is 97.2 Å². The minimum absolute atomic E-state index is 0.136. The van der Waals surface area contributed by atoms with Gasteiger partial charge >= 0.3 is 0 Å². The fourth-order valence-corrected chi connectivity index (χ4v) is 2.07. The SMILES string of the molecule is C[C@@H](OS(C)(=O)=O)C(C)(C)COS(C)(=O)=O. The molecule has 0 radical (unpaired) electrons. The van der Waals surface area contributed by atoms with E-state index in [4.69, 9.17) is 4.18 Å². The second-order valence-electron chi connectivity index (χ2n) is 4.40. The smallest absolute Gasteiger partial charge is 0.264 e. The van der Waals surface area contributed by atoms with Crippen molar-refractivity contribution in [3.63, 3.8) is 0 Å². The van der Waals surface area contributed by atoms with Crippen LogP contribution in [0.15, 0.2) is 0 Å². The molecule has 8 heteroatoms. The fraction of sp³-hybridized carbons (Fsp3) is 1.00. The minimum atomic E-state index is -3.57. The topological polar surface area (TPSA) is 86.7 Å². The van der Waals surface area contributed by atoms with E-state index in [-0.39, 0.29) is 6.61 Å². The van der Waals surface area contributed by atoms with Crippen molar-refractivity contribution >= 4 is 20.2 Å². The molecule has 0 aliphatic carbocycles. The fourth-order valence-electron chi connectivity index (χ4n) is 0.769. The zero-order valence-corrected chi connectivity index (χ0v) is 11.7. The molecule has 16 heavy (non-hydrogen) atoms. The van der Waals surface area contributed by atoms with Gasteiger partial charge in [-0.15, -0.1) is 0 Å². The molecular formula is C8H18O6S2. The lowest BCUT2D eigenvalue weighted by molar-refractivity contribution is 0.0536. The maximum absolute atomic E-state index is 10.9. The molecule has 0 amide bonds. The Bertz CT molecular complexity index is 419. The van der Waals surface area contributed by atoms with Crippen LogP contribution >= 0.6 is 0 Å². The molecule has 0 N–H and O–H groups in total. The lowest BCUT2D eigenvalue weighted by Gasteiger charge is -2.29. The van der Waals surface area contributed by atoms with E-state index in [0.29, 0.717) is 0 Å².